The van der Waals surface area contributed by atoms with Crippen LogP contribution in [-0.4, -0.2) is 70.0 Å². The number of carbonyl (C=O) groups is 2. The van der Waals surface area contributed by atoms with E-state index >= 15 is 0 Å². The number of likely N-dealkylation sites (N-methyl/N-ethyl adjacent to an activating group) is 1. The molecule has 0 rings (SSSR count). The lowest BCUT2D eigenvalue weighted by molar-refractivity contribution is -0.870. The summed E-state index contributed by atoms with van der Waals surface area (Å²) in [6.45, 7) is 4.13. The molecule has 0 heterocycles. The number of allylic oxidation sites excluding steroid dienone is 14. The minimum Gasteiger partial charge on any atom is -0.756 e. The number of esters is 2. The Balaban J connectivity index is 4.01. The summed E-state index contributed by atoms with van der Waals surface area (Å²) in [4.78, 5) is 38.0. The van der Waals surface area contributed by atoms with E-state index in [2.05, 4.69) is 98.9 Å². The van der Waals surface area contributed by atoms with Gasteiger partial charge in [-0.15, -0.1) is 0 Å². The van der Waals surface area contributed by atoms with E-state index in [1.54, 1.807) is 0 Å². The van der Waals surface area contributed by atoms with Crippen molar-refractivity contribution < 1.29 is 42.1 Å². The van der Waals surface area contributed by atoms with Gasteiger partial charge in [0, 0.05) is 12.8 Å². The lowest BCUT2D eigenvalue weighted by Crippen LogP contribution is -2.37. The van der Waals surface area contributed by atoms with Crippen LogP contribution in [0, 0.1) is 0 Å². The van der Waals surface area contributed by atoms with Crippen LogP contribution in [0.4, 0.5) is 0 Å². The molecule has 0 aliphatic rings. The van der Waals surface area contributed by atoms with Crippen LogP contribution in [0.5, 0.6) is 0 Å². The molecular formula is C72H130NO8P. The zero-order valence-corrected chi connectivity index (χ0v) is 55.1. The fourth-order valence-corrected chi connectivity index (χ4v) is 10.4. The van der Waals surface area contributed by atoms with Crippen molar-refractivity contribution in [2.45, 2.75) is 315 Å². The molecule has 0 fully saturated rings. The van der Waals surface area contributed by atoms with E-state index in [1.165, 1.54) is 193 Å². The molecule has 0 bridgehead atoms. The Bertz CT molecular complexity index is 1660. The fourth-order valence-electron chi connectivity index (χ4n) is 9.66. The number of carbonyl (C=O) groups excluding carboxylic acids is 2. The Kier molecular flexibility index (Phi) is 60.6. The first-order valence-electron chi connectivity index (χ1n) is 34.3. The quantitative estimate of drug-likeness (QED) is 0.0195. The Labute approximate surface area is 507 Å². The molecule has 0 aromatic heterocycles. The van der Waals surface area contributed by atoms with E-state index in [0.29, 0.717) is 17.4 Å². The number of unbranched alkanes of at least 4 members (excludes halogenated alkanes) is 35. The van der Waals surface area contributed by atoms with Crippen molar-refractivity contribution >= 4 is 19.8 Å². The summed E-state index contributed by atoms with van der Waals surface area (Å²) in [7, 11) is 1.16. The first-order chi connectivity index (χ1) is 40.0. The molecule has 0 aromatic rings. The first kappa shape index (κ1) is 79.2. The highest BCUT2D eigenvalue weighted by Crippen LogP contribution is 2.38. The summed E-state index contributed by atoms with van der Waals surface area (Å²) in [5.74, 6) is -0.838. The Morgan fingerprint density at radius 1 is 0.390 bits per heavy atom. The highest BCUT2D eigenvalue weighted by molar-refractivity contribution is 7.45. The van der Waals surface area contributed by atoms with Gasteiger partial charge in [0.1, 0.15) is 19.8 Å². The second-order valence-electron chi connectivity index (χ2n) is 24.2. The van der Waals surface area contributed by atoms with Gasteiger partial charge in [0.2, 0.25) is 0 Å². The summed E-state index contributed by atoms with van der Waals surface area (Å²) in [5, 5.41) is 0. The van der Waals surface area contributed by atoms with Crippen molar-refractivity contribution in [2.75, 3.05) is 47.5 Å². The zero-order chi connectivity index (χ0) is 59.8. The molecule has 0 spiro atoms. The van der Waals surface area contributed by atoms with Crippen LogP contribution in [0.3, 0.4) is 0 Å². The Morgan fingerprint density at radius 3 is 1.04 bits per heavy atom. The van der Waals surface area contributed by atoms with Crippen molar-refractivity contribution in [3.8, 4) is 0 Å². The average Bonchev–Trinajstić information content (AvgIpc) is 3.46. The number of phosphoric acid groups is 1. The van der Waals surface area contributed by atoms with Gasteiger partial charge in [0.25, 0.3) is 7.82 Å². The number of hydrogen-bond donors (Lipinski definition) is 0. The van der Waals surface area contributed by atoms with Gasteiger partial charge in [-0.25, -0.2) is 0 Å². The molecule has 2 unspecified atom stereocenters. The van der Waals surface area contributed by atoms with Crippen LogP contribution in [0.2, 0.25) is 0 Å². The molecule has 9 nitrogen and oxygen atoms in total. The SMILES string of the molecule is CC/C=C\C/C=C\C/C=C\C/C=C\C/C=C\CCCCCCCCCC(=O)OC(COC(=O)CCCCCCCCCCCCCCCCCCCCCCCCC/C=C\C/C=C\CCCCCCC)COP(=O)([O-])OCC[N+](C)(C)C. The van der Waals surface area contributed by atoms with Crippen molar-refractivity contribution in [3.05, 3.63) is 85.1 Å². The summed E-state index contributed by atoms with van der Waals surface area (Å²) in [6.07, 6.45) is 85.2. The summed E-state index contributed by atoms with van der Waals surface area (Å²) in [6, 6.07) is 0. The van der Waals surface area contributed by atoms with Crippen LogP contribution >= 0.6 is 7.82 Å². The molecule has 0 N–H and O–H groups in total. The molecule has 0 saturated carbocycles. The molecule has 0 saturated heterocycles. The van der Waals surface area contributed by atoms with E-state index < -0.39 is 26.5 Å². The van der Waals surface area contributed by atoms with E-state index in [-0.39, 0.29) is 32.0 Å². The average molecular weight is 1170 g/mol. The summed E-state index contributed by atoms with van der Waals surface area (Å²) < 4.78 is 34.3. The second-order valence-corrected chi connectivity index (χ2v) is 25.6. The number of phosphoric ester groups is 1. The second kappa shape index (κ2) is 62.7. The van der Waals surface area contributed by atoms with E-state index in [4.69, 9.17) is 18.5 Å². The van der Waals surface area contributed by atoms with Gasteiger partial charge >= 0.3 is 11.9 Å². The number of quaternary nitrogens is 1. The maximum atomic E-state index is 12.8. The monoisotopic (exact) mass is 1170 g/mol. The molecule has 10 heteroatoms. The Morgan fingerprint density at radius 2 is 0.695 bits per heavy atom. The van der Waals surface area contributed by atoms with Gasteiger partial charge in [-0.05, 0) is 89.9 Å². The molecule has 0 aliphatic carbocycles. The van der Waals surface area contributed by atoms with Crippen LogP contribution in [-0.2, 0) is 32.7 Å². The lowest BCUT2D eigenvalue weighted by Gasteiger charge is -2.28. The van der Waals surface area contributed by atoms with Gasteiger partial charge in [-0.2, -0.15) is 0 Å². The maximum absolute atomic E-state index is 12.8. The third-order valence-corrected chi connectivity index (χ3v) is 15.9. The summed E-state index contributed by atoms with van der Waals surface area (Å²) in [5.41, 5.74) is 0. The normalized spacial score (nSPS) is 13.7. The molecule has 0 aromatic carbocycles. The van der Waals surface area contributed by atoms with Gasteiger partial charge in [0.05, 0.1) is 27.7 Å². The molecular weight excluding hydrogens is 1040 g/mol. The van der Waals surface area contributed by atoms with Crippen LogP contribution in [0.1, 0.15) is 309 Å². The number of hydrogen-bond acceptors (Lipinski definition) is 8. The minimum atomic E-state index is -4.65. The zero-order valence-electron chi connectivity index (χ0n) is 54.2. The van der Waals surface area contributed by atoms with Crippen LogP contribution in [0.15, 0.2) is 85.1 Å². The smallest absolute Gasteiger partial charge is 0.306 e. The van der Waals surface area contributed by atoms with E-state index in [1.807, 2.05) is 21.1 Å². The maximum Gasteiger partial charge on any atom is 0.306 e. The first-order valence-corrected chi connectivity index (χ1v) is 35.8. The lowest BCUT2D eigenvalue weighted by atomic mass is 10.0. The predicted octanol–water partition coefficient (Wildman–Crippen LogP) is 21.5. The molecule has 2 atom stereocenters. The number of ether oxygens (including phenoxy) is 2. The highest BCUT2D eigenvalue weighted by Gasteiger charge is 2.22. The van der Waals surface area contributed by atoms with Crippen LogP contribution < -0.4 is 4.89 Å². The van der Waals surface area contributed by atoms with Crippen molar-refractivity contribution in [2.24, 2.45) is 0 Å². The number of rotatable bonds is 63. The minimum absolute atomic E-state index is 0.0354. The van der Waals surface area contributed by atoms with Gasteiger partial charge in [-0.3, -0.25) is 14.2 Å². The fraction of sp³-hybridized carbons (Fsp3) is 0.778. The standard InChI is InChI=1S/C72H130NO8P/c1-6-8-10-12-14-16-18-20-22-24-26-28-30-31-32-33-34-35-36-37-38-39-40-41-43-44-46-48-50-52-54-56-58-60-62-64-71(74)78-68-70(69-80-82(76,77)79-67-66-73(3,4)5)81-72(75)65-63-61-59-57-55-53-51-49-47-45-42-29-27-25-23-21-19-17-15-13-11-9-7-2/h9,11,15,17-18,20-21,23-24,26-27,29,45,47,70H,6-8,10,12-14,16,19,22,25,28,30-44,46,48-69H2,1-5H3/b11-9-,17-15-,20-18-,23-21-,26-24-,29-27-,47-45-. The van der Waals surface area contributed by atoms with Crippen molar-refractivity contribution in [1.82, 2.24) is 0 Å². The van der Waals surface area contributed by atoms with Crippen molar-refractivity contribution in [1.29, 1.82) is 0 Å². The Hall–Kier alpha value is -2.81. The van der Waals surface area contributed by atoms with E-state index in [9.17, 15) is 19.0 Å². The van der Waals surface area contributed by atoms with Gasteiger partial charge in [-0.1, -0.05) is 292 Å². The van der Waals surface area contributed by atoms with Gasteiger partial charge < -0.3 is 27.9 Å². The van der Waals surface area contributed by atoms with Crippen LogP contribution in [0.25, 0.3) is 0 Å². The molecule has 82 heavy (non-hydrogen) atoms. The molecule has 476 valence electrons. The molecule has 0 radical (unpaired) electrons. The number of nitrogens with zero attached hydrogens (tertiary/aromatic N) is 1. The largest absolute Gasteiger partial charge is 0.756 e. The highest BCUT2D eigenvalue weighted by atomic mass is 31.2. The van der Waals surface area contributed by atoms with E-state index in [0.717, 1.165) is 83.5 Å². The third kappa shape index (κ3) is 66.3. The topological polar surface area (TPSA) is 111 Å². The molecule has 0 aliphatic heterocycles. The predicted molar refractivity (Wildman–Crippen MR) is 351 cm³/mol. The molecule has 0 amide bonds. The summed E-state index contributed by atoms with van der Waals surface area (Å²) >= 11 is 0. The van der Waals surface area contributed by atoms with Crippen molar-refractivity contribution in [3.63, 3.8) is 0 Å². The third-order valence-electron chi connectivity index (χ3n) is 14.9. The van der Waals surface area contributed by atoms with Gasteiger partial charge in [0.15, 0.2) is 6.10 Å².